The summed E-state index contributed by atoms with van der Waals surface area (Å²) in [5, 5.41) is 27.4. The molecule has 0 aliphatic heterocycles. The quantitative estimate of drug-likeness (QED) is 0.193. The standard InChI is InChI=1S/C44H23N3OS/c45-24-27-8-7-9-28(25-46)42(27)32-18-17-29(23-35(32)26-16-20-39-36(22-26)31-11-2-5-14-38(31)48-39)47-37-13-4-1-10-30(37)33-19-21-41-43(44(33)47)34-12-3-6-15-40(34)49-41/h1-23H. The van der Waals surface area contributed by atoms with Crippen molar-refractivity contribution in [3.05, 3.63) is 151 Å². The van der Waals surface area contributed by atoms with Crippen molar-refractivity contribution >= 4 is 75.3 Å². The zero-order valence-electron chi connectivity index (χ0n) is 25.9. The Hall–Kier alpha value is -6.66. The second-order valence-electron chi connectivity index (χ2n) is 12.3. The highest BCUT2D eigenvalue weighted by Gasteiger charge is 2.21. The van der Waals surface area contributed by atoms with Gasteiger partial charge in [-0.2, -0.15) is 10.5 Å². The Morgan fingerprint density at radius 1 is 0.531 bits per heavy atom. The van der Waals surface area contributed by atoms with Crippen LogP contribution in [-0.4, -0.2) is 4.57 Å². The molecule has 10 aromatic rings. The molecule has 0 aliphatic carbocycles. The molecule has 0 unspecified atom stereocenters. The van der Waals surface area contributed by atoms with Crippen molar-refractivity contribution in [2.75, 3.05) is 0 Å². The van der Waals surface area contributed by atoms with E-state index in [9.17, 15) is 10.5 Å². The van der Waals surface area contributed by atoms with E-state index in [4.69, 9.17) is 4.42 Å². The van der Waals surface area contributed by atoms with E-state index in [1.165, 1.54) is 36.5 Å². The molecule has 3 aromatic heterocycles. The number of benzene rings is 7. The third kappa shape index (κ3) is 3.95. The molecule has 226 valence electrons. The van der Waals surface area contributed by atoms with Gasteiger partial charge in [0.05, 0.1) is 34.3 Å². The van der Waals surface area contributed by atoms with Crippen molar-refractivity contribution in [2.24, 2.45) is 0 Å². The van der Waals surface area contributed by atoms with Gasteiger partial charge in [0.1, 0.15) is 11.2 Å². The molecule has 7 aromatic carbocycles. The number of hydrogen-bond acceptors (Lipinski definition) is 4. The summed E-state index contributed by atoms with van der Waals surface area (Å²) in [5.74, 6) is 0. The highest BCUT2D eigenvalue weighted by atomic mass is 32.1. The summed E-state index contributed by atoms with van der Waals surface area (Å²) < 4.78 is 11.1. The topological polar surface area (TPSA) is 65.7 Å². The molecule has 49 heavy (non-hydrogen) atoms. The Bertz CT molecular complexity index is 3060. The van der Waals surface area contributed by atoms with Crippen LogP contribution in [0.15, 0.2) is 144 Å². The second-order valence-corrected chi connectivity index (χ2v) is 13.4. The number of furan rings is 1. The molecule has 10 rings (SSSR count). The number of nitriles is 2. The van der Waals surface area contributed by atoms with Crippen LogP contribution in [-0.2, 0) is 0 Å². The molecule has 0 bridgehead atoms. The van der Waals surface area contributed by atoms with E-state index in [1.54, 1.807) is 18.2 Å². The molecule has 0 saturated heterocycles. The SMILES string of the molecule is N#Cc1cccc(C#N)c1-c1ccc(-n2c3ccccc3c3ccc4sc5ccccc5c4c32)cc1-c1ccc2oc3ccccc3c2c1. The van der Waals surface area contributed by atoms with Gasteiger partial charge in [0.15, 0.2) is 0 Å². The van der Waals surface area contributed by atoms with Gasteiger partial charge >= 0.3 is 0 Å². The van der Waals surface area contributed by atoms with Crippen LogP contribution in [0.25, 0.3) is 91.9 Å². The van der Waals surface area contributed by atoms with Crippen LogP contribution in [0.4, 0.5) is 0 Å². The average Bonchev–Trinajstić information content (AvgIpc) is 3.83. The van der Waals surface area contributed by atoms with Gasteiger partial charge in [0.2, 0.25) is 0 Å². The minimum absolute atomic E-state index is 0.464. The third-order valence-corrected chi connectivity index (χ3v) is 10.8. The fourth-order valence-electron chi connectivity index (χ4n) is 7.58. The Morgan fingerprint density at radius 3 is 2.10 bits per heavy atom. The molecule has 3 heterocycles. The van der Waals surface area contributed by atoms with E-state index in [1.807, 2.05) is 35.6 Å². The lowest BCUT2D eigenvalue weighted by molar-refractivity contribution is 0.669. The molecule has 0 amide bonds. The Labute approximate surface area is 284 Å². The van der Waals surface area contributed by atoms with Gasteiger partial charge in [-0.05, 0) is 77.4 Å². The number of hydrogen-bond donors (Lipinski definition) is 0. The maximum atomic E-state index is 10.2. The van der Waals surface area contributed by atoms with Crippen LogP contribution >= 0.6 is 11.3 Å². The van der Waals surface area contributed by atoms with Crippen molar-refractivity contribution in [3.8, 4) is 40.1 Å². The number of fused-ring (bicyclic) bond motifs is 10. The Morgan fingerprint density at radius 2 is 1.27 bits per heavy atom. The number of aromatic nitrogens is 1. The number of rotatable bonds is 3. The van der Waals surface area contributed by atoms with Crippen molar-refractivity contribution in [1.82, 2.24) is 4.57 Å². The van der Waals surface area contributed by atoms with Crippen molar-refractivity contribution in [3.63, 3.8) is 0 Å². The van der Waals surface area contributed by atoms with Crippen molar-refractivity contribution in [1.29, 1.82) is 10.5 Å². The molecular formula is C44H23N3OS. The van der Waals surface area contributed by atoms with Crippen molar-refractivity contribution in [2.45, 2.75) is 0 Å². The minimum Gasteiger partial charge on any atom is -0.456 e. The minimum atomic E-state index is 0.464. The summed E-state index contributed by atoms with van der Waals surface area (Å²) in [5.41, 5.74) is 9.23. The number of nitrogens with zero attached hydrogens (tertiary/aromatic N) is 3. The summed E-state index contributed by atoms with van der Waals surface area (Å²) in [6.07, 6.45) is 0. The Kier molecular flexibility index (Phi) is 5.84. The highest BCUT2D eigenvalue weighted by Crippen LogP contribution is 2.45. The molecule has 5 heteroatoms. The van der Waals surface area contributed by atoms with Gasteiger partial charge in [-0.3, -0.25) is 0 Å². The Balaban J connectivity index is 1.34. The fraction of sp³-hybridized carbons (Fsp3) is 0. The first-order chi connectivity index (χ1) is 24.2. The molecule has 0 atom stereocenters. The fourth-order valence-corrected chi connectivity index (χ4v) is 8.69. The van der Waals surface area contributed by atoms with Crippen LogP contribution in [0.1, 0.15) is 11.1 Å². The molecule has 0 spiro atoms. The smallest absolute Gasteiger partial charge is 0.135 e. The molecular weight excluding hydrogens is 619 g/mol. The van der Waals surface area contributed by atoms with Gasteiger partial charge in [-0.15, -0.1) is 11.3 Å². The maximum Gasteiger partial charge on any atom is 0.135 e. The summed E-state index contributed by atoms with van der Waals surface area (Å²) >= 11 is 1.82. The van der Waals surface area contributed by atoms with Crippen LogP contribution in [0.5, 0.6) is 0 Å². The van der Waals surface area contributed by atoms with E-state index in [0.29, 0.717) is 16.7 Å². The lowest BCUT2D eigenvalue weighted by atomic mass is 9.88. The molecule has 0 radical (unpaired) electrons. The van der Waals surface area contributed by atoms with Crippen LogP contribution in [0, 0.1) is 22.7 Å². The van der Waals surface area contributed by atoms with E-state index < -0.39 is 0 Å². The van der Waals surface area contributed by atoms with E-state index in [-0.39, 0.29) is 0 Å². The van der Waals surface area contributed by atoms with Gasteiger partial charge in [-0.25, -0.2) is 0 Å². The largest absolute Gasteiger partial charge is 0.456 e. The summed E-state index contributed by atoms with van der Waals surface area (Å²) in [7, 11) is 0. The van der Waals surface area contributed by atoms with Gasteiger partial charge < -0.3 is 8.98 Å². The first kappa shape index (κ1) is 27.5. The van der Waals surface area contributed by atoms with Crippen LogP contribution < -0.4 is 0 Å². The predicted octanol–water partition coefficient (Wildman–Crippen LogP) is 12.1. The van der Waals surface area contributed by atoms with E-state index in [0.717, 1.165) is 49.8 Å². The normalized spacial score (nSPS) is 11.6. The molecule has 4 nitrogen and oxygen atoms in total. The first-order valence-corrected chi connectivity index (χ1v) is 16.9. The first-order valence-electron chi connectivity index (χ1n) is 16.0. The van der Waals surface area contributed by atoms with E-state index in [2.05, 4.69) is 114 Å². The zero-order chi connectivity index (χ0) is 32.6. The summed E-state index contributed by atoms with van der Waals surface area (Å²) in [6.45, 7) is 0. The maximum absolute atomic E-state index is 10.2. The zero-order valence-corrected chi connectivity index (χ0v) is 26.8. The average molecular weight is 642 g/mol. The van der Waals surface area contributed by atoms with Gasteiger partial charge in [0, 0.05) is 53.0 Å². The van der Waals surface area contributed by atoms with Crippen molar-refractivity contribution < 1.29 is 4.42 Å². The number of thiophene rings is 1. The second kappa shape index (κ2) is 10.4. The molecule has 0 fully saturated rings. The summed E-state index contributed by atoms with van der Waals surface area (Å²) in [6, 6.07) is 52.5. The lowest BCUT2D eigenvalue weighted by Gasteiger charge is -2.17. The molecule has 0 aliphatic rings. The lowest BCUT2D eigenvalue weighted by Crippen LogP contribution is -1.98. The third-order valence-electron chi connectivity index (χ3n) is 9.70. The number of para-hydroxylation sites is 2. The highest BCUT2D eigenvalue weighted by molar-refractivity contribution is 7.26. The van der Waals surface area contributed by atoms with Crippen LogP contribution in [0.2, 0.25) is 0 Å². The van der Waals surface area contributed by atoms with Gasteiger partial charge in [-0.1, -0.05) is 78.9 Å². The summed E-state index contributed by atoms with van der Waals surface area (Å²) in [4.78, 5) is 0. The molecule has 0 saturated carbocycles. The predicted molar refractivity (Wildman–Crippen MR) is 201 cm³/mol. The van der Waals surface area contributed by atoms with Crippen LogP contribution in [0.3, 0.4) is 0 Å². The van der Waals surface area contributed by atoms with E-state index >= 15 is 0 Å². The molecule has 0 N–H and O–H groups in total. The monoisotopic (exact) mass is 641 g/mol. The van der Waals surface area contributed by atoms with Gasteiger partial charge in [0.25, 0.3) is 0 Å².